The van der Waals surface area contributed by atoms with E-state index in [1.807, 2.05) is 0 Å². The summed E-state index contributed by atoms with van der Waals surface area (Å²) in [6.07, 6.45) is -7.92. The second kappa shape index (κ2) is 11.7. The highest BCUT2D eigenvalue weighted by atomic mass is 31.2. The monoisotopic (exact) mass is 684 g/mol. The Morgan fingerprint density at radius 2 is 1.57 bits per heavy atom. The van der Waals surface area contributed by atoms with Crippen LogP contribution in [0.15, 0.2) is 24.3 Å². The SMILES string of the molecule is COc1cc(C2c3cc4c(cc3C(OC3OC5COC(C)OC5C(O)C3O)C3COC(=O)C23O)OCO4)cc(OC)c1OP(=O)(O)O. The van der Waals surface area contributed by atoms with Crippen LogP contribution < -0.4 is 23.5 Å². The van der Waals surface area contributed by atoms with Gasteiger partial charge in [0, 0.05) is 5.92 Å². The quantitative estimate of drug-likeness (QED) is 0.194. The van der Waals surface area contributed by atoms with Crippen molar-refractivity contribution in [2.75, 3.05) is 34.2 Å². The van der Waals surface area contributed by atoms with Gasteiger partial charge in [-0.05, 0) is 47.9 Å². The Balaban J connectivity index is 1.35. The molecule has 2 aromatic carbocycles. The van der Waals surface area contributed by atoms with Crippen molar-refractivity contribution in [3.63, 3.8) is 0 Å². The van der Waals surface area contributed by atoms with Crippen LogP contribution in [0.4, 0.5) is 0 Å². The second-order valence-electron chi connectivity index (χ2n) is 11.7. The molecule has 0 radical (unpaired) electrons. The molecule has 0 bridgehead atoms. The largest absolute Gasteiger partial charge is 0.525 e. The molecule has 0 saturated carbocycles. The van der Waals surface area contributed by atoms with Gasteiger partial charge in [0.1, 0.15) is 31.0 Å². The van der Waals surface area contributed by atoms with Crippen molar-refractivity contribution < 1.29 is 81.6 Å². The molecule has 10 unspecified atom stereocenters. The molecule has 10 atom stereocenters. The zero-order chi connectivity index (χ0) is 33.4. The van der Waals surface area contributed by atoms with Crippen molar-refractivity contribution in [1.82, 2.24) is 0 Å². The first kappa shape index (κ1) is 32.3. The summed E-state index contributed by atoms with van der Waals surface area (Å²) in [5.41, 5.74) is -1.36. The molecule has 2 aromatic rings. The molecule has 7 rings (SSSR count). The Kier molecular flexibility index (Phi) is 8.07. The maximum absolute atomic E-state index is 13.6. The van der Waals surface area contributed by atoms with E-state index in [2.05, 4.69) is 0 Å². The fourth-order valence-corrected chi connectivity index (χ4v) is 7.38. The van der Waals surface area contributed by atoms with E-state index in [9.17, 15) is 34.5 Å². The van der Waals surface area contributed by atoms with Gasteiger partial charge in [0.25, 0.3) is 0 Å². The van der Waals surface area contributed by atoms with Crippen LogP contribution in [0, 0.1) is 5.92 Å². The third-order valence-electron chi connectivity index (χ3n) is 9.08. The lowest BCUT2D eigenvalue weighted by Crippen LogP contribution is -2.63. The van der Waals surface area contributed by atoms with Crippen molar-refractivity contribution in [1.29, 1.82) is 0 Å². The van der Waals surface area contributed by atoms with Gasteiger partial charge in [0.2, 0.25) is 12.5 Å². The van der Waals surface area contributed by atoms with E-state index < -0.39 is 80.1 Å². The van der Waals surface area contributed by atoms with Gasteiger partial charge < -0.3 is 62.5 Å². The Bertz CT molecular complexity index is 1580. The van der Waals surface area contributed by atoms with Crippen LogP contribution in [-0.2, 0) is 33.0 Å². The van der Waals surface area contributed by atoms with Gasteiger partial charge in [0.15, 0.2) is 41.2 Å². The van der Waals surface area contributed by atoms with Crippen molar-refractivity contribution in [3.05, 3.63) is 41.0 Å². The number of esters is 1. The van der Waals surface area contributed by atoms with E-state index in [1.165, 1.54) is 26.4 Å². The Hall–Kier alpha value is -3.22. The number of hydrogen-bond acceptors (Lipinski definition) is 15. The topological polar surface area (TPSA) is 228 Å². The normalized spacial score (nSPS) is 35.7. The van der Waals surface area contributed by atoms with Crippen LogP contribution in [0.1, 0.15) is 35.6 Å². The van der Waals surface area contributed by atoms with Gasteiger partial charge in [-0.2, -0.15) is 0 Å². The van der Waals surface area contributed by atoms with Gasteiger partial charge in [-0.1, -0.05) is 0 Å². The number of rotatable bonds is 7. The zero-order valence-corrected chi connectivity index (χ0v) is 26.1. The molecular formula is C29H33O17P. The van der Waals surface area contributed by atoms with E-state index in [4.69, 9.17) is 47.2 Å². The molecule has 18 heteroatoms. The molecule has 4 heterocycles. The third-order valence-corrected chi connectivity index (χ3v) is 9.50. The lowest BCUT2D eigenvalue weighted by Gasteiger charge is -2.48. The van der Waals surface area contributed by atoms with Crippen LogP contribution in [-0.4, -0.2) is 108 Å². The first-order valence-electron chi connectivity index (χ1n) is 14.6. The molecule has 3 fully saturated rings. The van der Waals surface area contributed by atoms with Crippen molar-refractivity contribution >= 4 is 13.8 Å². The van der Waals surface area contributed by atoms with Crippen LogP contribution in [0.5, 0.6) is 28.7 Å². The number of fused-ring (bicyclic) bond motifs is 4. The Morgan fingerprint density at radius 3 is 2.21 bits per heavy atom. The van der Waals surface area contributed by atoms with Crippen molar-refractivity contribution in [2.24, 2.45) is 5.92 Å². The minimum Gasteiger partial charge on any atom is -0.493 e. The minimum absolute atomic E-state index is 0.0534. The van der Waals surface area contributed by atoms with E-state index >= 15 is 0 Å². The van der Waals surface area contributed by atoms with Crippen LogP contribution in [0.2, 0.25) is 0 Å². The number of carbonyl (C=O) groups excluding carboxylic acids is 1. The summed E-state index contributed by atoms with van der Waals surface area (Å²) in [6.45, 7) is 1.30. The number of hydrogen-bond donors (Lipinski definition) is 5. The maximum Gasteiger partial charge on any atom is 0.525 e. The number of phosphoric ester groups is 1. The van der Waals surface area contributed by atoms with Crippen LogP contribution >= 0.6 is 7.82 Å². The third kappa shape index (κ3) is 5.31. The molecule has 256 valence electrons. The fraction of sp³-hybridized carbons (Fsp3) is 0.552. The minimum atomic E-state index is -5.06. The number of aliphatic hydroxyl groups is 3. The predicted molar refractivity (Wildman–Crippen MR) is 151 cm³/mol. The van der Waals surface area contributed by atoms with E-state index in [0.29, 0.717) is 22.6 Å². The van der Waals surface area contributed by atoms with Crippen LogP contribution in [0.25, 0.3) is 0 Å². The number of methoxy groups -OCH3 is 2. The molecule has 5 aliphatic rings. The highest BCUT2D eigenvalue weighted by Crippen LogP contribution is 2.59. The van der Waals surface area contributed by atoms with Gasteiger partial charge in [0.05, 0.1) is 32.8 Å². The molecule has 3 saturated heterocycles. The fourth-order valence-electron chi connectivity index (χ4n) is 6.97. The zero-order valence-electron chi connectivity index (χ0n) is 25.2. The Labute approximate surface area is 266 Å². The van der Waals surface area contributed by atoms with E-state index in [-0.39, 0.29) is 37.1 Å². The number of ether oxygens (including phenoxy) is 9. The van der Waals surface area contributed by atoms with Crippen molar-refractivity contribution in [3.8, 4) is 28.7 Å². The average molecular weight is 685 g/mol. The molecule has 0 aromatic heterocycles. The summed E-state index contributed by atoms with van der Waals surface area (Å²) in [6, 6.07) is 5.90. The highest BCUT2D eigenvalue weighted by molar-refractivity contribution is 7.46. The predicted octanol–water partition coefficient (Wildman–Crippen LogP) is 0.219. The number of aliphatic hydroxyl groups excluding tert-OH is 2. The summed E-state index contributed by atoms with van der Waals surface area (Å²) >= 11 is 0. The molecule has 4 aliphatic heterocycles. The molecule has 1 aliphatic carbocycles. The summed E-state index contributed by atoms with van der Waals surface area (Å²) in [5, 5.41) is 34.5. The lowest BCUT2D eigenvalue weighted by atomic mass is 9.63. The maximum atomic E-state index is 13.6. The standard InChI is InChI=1S/C29H33O17P/c1-11-39-9-20-26(43-11)22(30)23(31)27(44-20)45-24-14-7-17-16(41-10-42-17)6-13(14)21(29(33)15(24)8-40-28(29)32)12-4-18(37-2)25(19(5-12)38-3)46-47(34,35)36/h4-7,11,15,20-24,26-27,30-31,33H,8-10H2,1-3H3,(H2,34,35,36). The summed E-state index contributed by atoms with van der Waals surface area (Å²) in [5.74, 6) is -3.39. The van der Waals surface area contributed by atoms with E-state index in [1.54, 1.807) is 19.1 Å². The van der Waals surface area contributed by atoms with Gasteiger partial charge in [-0.25, -0.2) is 9.36 Å². The smallest absolute Gasteiger partial charge is 0.493 e. The molecular weight excluding hydrogens is 651 g/mol. The number of benzene rings is 2. The molecule has 17 nitrogen and oxygen atoms in total. The first-order valence-corrected chi connectivity index (χ1v) is 16.1. The summed E-state index contributed by atoms with van der Waals surface area (Å²) in [7, 11) is -2.59. The first-order chi connectivity index (χ1) is 22.3. The number of carbonyl (C=O) groups is 1. The Morgan fingerprint density at radius 1 is 0.915 bits per heavy atom. The average Bonchev–Trinajstić information content (AvgIpc) is 3.61. The number of phosphoric acid groups is 1. The second-order valence-corrected chi connectivity index (χ2v) is 12.9. The van der Waals surface area contributed by atoms with E-state index in [0.717, 1.165) is 0 Å². The van der Waals surface area contributed by atoms with Gasteiger partial charge in [-0.15, -0.1) is 0 Å². The molecule has 0 amide bonds. The van der Waals surface area contributed by atoms with Gasteiger partial charge in [-0.3, -0.25) is 9.79 Å². The van der Waals surface area contributed by atoms with Gasteiger partial charge >= 0.3 is 13.8 Å². The molecule has 0 spiro atoms. The van der Waals surface area contributed by atoms with Crippen LogP contribution in [0.3, 0.4) is 0 Å². The molecule has 5 N–H and O–H groups in total. The van der Waals surface area contributed by atoms with Crippen molar-refractivity contribution in [2.45, 2.75) is 61.5 Å². The number of cyclic esters (lactones) is 1. The molecule has 47 heavy (non-hydrogen) atoms. The lowest BCUT2D eigenvalue weighted by molar-refractivity contribution is -0.365. The highest BCUT2D eigenvalue weighted by Gasteiger charge is 2.65. The summed E-state index contributed by atoms with van der Waals surface area (Å²) in [4.78, 5) is 32.6. The summed E-state index contributed by atoms with van der Waals surface area (Å²) < 4.78 is 67.6.